The van der Waals surface area contributed by atoms with E-state index >= 15 is 0 Å². The average Bonchev–Trinajstić information content (AvgIpc) is 2.35. The molecule has 0 spiro atoms. The smallest absolute Gasteiger partial charge is 0.223 e. The predicted octanol–water partition coefficient (Wildman–Crippen LogP) is 2.03. The van der Waals surface area contributed by atoms with Crippen LogP contribution >= 0.6 is 0 Å². The van der Waals surface area contributed by atoms with E-state index in [0.29, 0.717) is 11.8 Å². The molecule has 1 saturated heterocycles. The van der Waals surface area contributed by atoms with Crippen molar-refractivity contribution in [1.82, 2.24) is 10.2 Å². The molecule has 0 aromatic rings. The van der Waals surface area contributed by atoms with E-state index < -0.39 is 0 Å². The first-order chi connectivity index (χ1) is 9.29. The fourth-order valence-electron chi connectivity index (χ4n) is 2.81. The Kier molecular flexibility index (Phi) is 5.72. The topological polar surface area (TPSA) is 32.3 Å². The van der Waals surface area contributed by atoms with Gasteiger partial charge < -0.3 is 5.32 Å². The summed E-state index contributed by atoms with van der Waals surface area (Å²) in [5.74, 6) is 7.56. The van der Waals surface area contributed by atoms with Crippen molar-refractivity contribution in [2.45, 2.75) is 45.4 Å². The first-order valence-corrected chi connectivity index (χ1v) is 7.75. The van der Waals surface area contributed by atoms with Gasteiger partial charge in [-0.25, -0.2) is 0 Å². The maximum Gasteiger partial charge on any atom is 0.223 e. The third-order valence-corrected chi connectivity index (χ3v) is 4.25. The summed E-state index contributed by atoms with van der Waals surface area (Å²) in [6.45, 7) is 6.07. The van der Waals surface area contributed by atoms with Crippen LogP contribution in [-0.4, -0.2) is 37.0 Å². The molecular weight excluding hydrogens is 236 g/mol. The standard InChI is InChI=1S/C16H26N2O/c1-2-3-4-10-18-11-6-7-14(13-18)12-17-16(19)15-8-5-9-15/h14-15H,2,5-13H2,1H3,(H,17,19)/t14-/m1/s1. The number of piperidine rings is 1. The Morgan fingerprint density at radius 3 is 2.79 bits per heavy atom. The van der Waals surface area contributed by atoms with Crippen LogP contribution in [-0.2, 0) is 4.79 Å². The highest BCUT2D eigenvalue weighted by atomic mass is 16.1. The molecule has 1 amide bonds. The number of rotatable bonds is 4. The summed E-state index contributed by atoms with van der Waals surface area (Å²) >= 11 is 0. The molecule has 1 N–H and O–H groups in total. The van der Waals surface area contributed by atoms with Gasteiger partial charge in [-0.05, 0) is 38.1 Å². The van der Waals surface area contributed by atoms with Gasteiger partial charge in [0, 0.05) is 25.4 Å². The third kappa shape index (κ3) is 4.54. The molecule has 1 saturated carbocycles. The molecule has 19 heavy (non-hydrogen) atoms. The van der Waals surface area contributed by atoms with Crippen LogP contribution in [0.2, 0.25) is 0 Å². The lowest BCUT2D eigenvalue weighted by Crippen LogP contribution is -2.43. The van der Waals surface area contributed by atoms with Gasteiger partial charge in [0.05, 0.1) is 6.54 Å². The average molecular weight is 262 g/mol. The van der Waals surface area contributed by atoms with E-state index in [-0.39, 0.29) is 5.91 Å². The highest BCUT2D eigenvalue weighted by Crippen LogP contribution is 2.26. The van der Waals surface area contributed by atoms with Crippen LogP contribution in [0.5, 0.6) is 0 Å². The molecule has 0 bridgehead atoms. The zero-order valence-electron chi connectivity index (χ0n) is 12.1. The number of carbonyl (C=O) groups is 1. The van der Waals surface area contributed by atoms with Crippen molar-refractivity contribution in [3.8, 4) is 11.8 Å². The lowest BCUT2D eigenvalue weighted by molar-refractivity contribution is -0.127. The van der Waals surface area contributed by atoms with Gasteiger partial charge in [-0.2, -0.15) is 0 Å². The van der Waals surface area contributed by atoms with Crippen LogP contribution < -0.4 is 5.32 Å². The van der Waals surface area contributed by atoms with Gasteiger partial charge in [0.2, 0.25) is 5.91 Å². The van der Waals surface area contributed by atoms with Crippen LogP contribution in [0.4, 0.5) is 0 Å². The van der Waals surface area contributed by atoms with Gasteiger partial charge in [0.1, 0.15) is 0 Å². The Bertz CT molecular complexity index is 351. The van der Waals surface area contributed by atoms with Crippen molar-refractivity contribution in [3.05, 3.63) is 0 Å². The van der Waals surface area contributed by atoms with E-state index in [1.165, 1.54) is 19.3 Å². The fourth-order valence-corrected chi connectivity index (χ4v) is 2.81. The quantitative estimate of drug-likeness (QED) is 0.786. The van der Waals surface area contributed by atoms with Crippen molar-refractivity contribution in [3.63, 3.8) is 0 Å². The second kappa shape index (κ2) is 7.55. The summed E-state index contributed by atoms with van der Waals surface area (Å²) < 4.78 is 0. The van der Waals surface area contributed by atoms with Gasteiger partial charge in [-0.1, -0.05) is 19.3 Å². The Morgan fingerprint density at radius 2 is 2.11 bits per heavy atom. The Hall–Kier alpha value is -1.01. The zero-order valence-corrected chi connectivity index (χ0v) is 12.1. The number of hydrogen-bond donors (Lipinski definition) is 1. The third-order valence-electron chi connectivity index (χ3n) is 4.25. The maximum atomic E-state index is 11.8. The highest BCUT2D eigenvalue weighted by Gasteiger charge is 2.26. The molecule has 0 aromatic carbocycles. The predicted molar refractivity (Wildman–Crippen MR) is 77.6 cm³/mol. The van der Waals surface area contributed by atoms with Crippen molar-refractivity contribution in [2.24, 2.45) is 11.8 Å². The fraction of sp³-hybridized carbons (Fsp3) is 0.812. The first kappa shape index (κ1) is 14.4. The molecule has 0 radical (unpaired) electrons. The summed E-state index contributed by atoms with van der Waals surface area (Å²) in [5, 5.41) is 3.14. The largest absolute Gasteiger partial charge is 0.356 e. The number of hydrogen-bond acceptors (Lipinski definition) is 2. The summed E-state index contributed by atoms with van der Waals surface area (Å²) in [6, 6.07) is 0. The van der Waals surface area contributed by atoms with Crippen molar-refractivity contribution in [1.29, 1.82) is 0 Å². The number of nitrogens with one attached hydrogen (secondary N) is 1. The molecule has 1 aliphatic heterocycles. The van der Waals surface area contributed by atoms with E-state index in [9.17, 15) is 4.79 Å². The SMILES string of the molecule is CCC#CCN1CCC[C@H](CNC(=O)C2CCC2)C1. The van der Waals surface area contributed by atoms with Crippen LogP contribution in [0.3, 0.4) is 0 Å². The van der Waals surface area contributed by atoms with Crippen molar-refractivity contribution in [2.75, 3.05) is 26.2 Å². The molecule has 0 unspecified atom stereocenters. The molecule has 106 valence electrons. The molecule has 1 aliphatic carbocycles. The summed E-state index contributed by atoms with van der Waals surface area (Å²) in [4.78, 5) is 14.2. The molecule has 1 heterocycles. The van der Waals surface area contributed by atoms with E-state index in [2.05, 4.69) is 29.0 Å². The molecule has 0 aromatic heterocycles. The lowest BCUT2D eigenvalue weighted by Gasteiger charge is -2.32. The van der Waals surface area contributed by atoms with Crippen molar-refractivity contribution >= 4 is 5.91 Å². The molecule has 1 atom stereocenters. The Labute approximate surface area is 117 Å². The van der Waals surface area contributed by atoms with Crippen molar-refractivity contribution < 1.29 is 4.79 Å². The maximum absolute atomic E-state index is 11.8. The first-order valence-electron chi connectivity index (χ1n) is 7.75. The van der Waals surface area contributed by atoms with Crippen LogP contribution in [0.15, 0.2) is 0 Å². The van der Waals surface area contributed by atoms with Gasteiger partial charge >= 0.3 is 0 Å². The van der Waals surface area contributed by atoms with Gasteiger partial charge in [0.15, 0.2) is 0 Å². The molecular formula is C16H26N2O. The normalized spacial score (nSPS) is 24.2. The van der Waals surface area contributed by atoms with E-state index in [1.54, 1.807) is 0 Å². The minimum absolute atomic E-state index is 0.286. The van der Waals surface area contributed by atoms with Gasteiger partial charge in [-0.15, -0.1) is 5.92 Å². The lowest BCUT2D eigenvalue weighted by atomic mass is 9.84. The number of carbonyl (C=O) groups excluding carboxylic acids is 1. The summed E-state index contributed by atoms with van der Waals surface area (Å²) in [6.07, 6.45) is 6.82. The second-order valence-corrected chi connectivity index (χ2v) is 5.82. The molecule has 3 nitrogen and oxygen atoms in total. The van der Waals surface area contributed by atoms with Crippen LogP contribution in [0, 0.1) is 23.7 Å². The van der Waals surface area contributed by atoms with E-state index in [4.69, 9.17) is 0 Å². The minimum Gasteiger partial charge on any atom is -0.356 e. The van der Waals surface area contributed by atoms with Gasteiger partial charge in [-0.3, -0.25) is 9.69 Å². The Morgan fingerprint density at radius 1 is 1.26 bits per heavy atom. The molecule has 2 rings (SSSR count). The minimum atomic E-state index is 0.286. The zero-order chi connectivity index (χ0) is 13.5. The van der Waals surface area contributed by atoms with E-state index in [0.717, 1.165) is 45.4 Å². The number of nitrogens with zero attached hydrogens (tertiary/aromatic N) is 1. The molecule has 2 fully saturated rings. The highest BCUT2D eigenvalue weighted by molar-refractivity contribution is 5.79. The second-order valence-electron chi connectivity index (χ2n) is 5.82. The Balaban J connectivity index is 1.67. The number of likely N-dealkylation sites (tertiary alicyclic amines) is 1. The van der Waals surface area contributed by atoms with Crippen LogP contribution in [0.25, 0.3) is 0 Å². The van der Waals surface area contributed by atoms with Crippen LogP contribution in [0.1, 0.15) is 45.4 Å². The summed E-state index contributed by atoms with van der Waals surface area (Å²) in [7, 11) is 0. The van der Waals surface area contributed by atoms with Gasteiger partial charge in [0.25, 0.3) is 0 Å². The molecule has 2 aliphatic rings. The number of amides is 1. The van der Waals surface area contributed by atoms with E-state index in [1.807, 2.05) is 0 Å². The monoisotopic (exact) mass is 262 g/mol. The molecule has 3 heteroatoms. The summed E-state index contributed by atoms with van der Waals surface area (Å²) in [5.41, 5.74) is 0.